The second-order valence-corrected chi connectivity index (χ2v) is 6.90. The van der Waals surface area contributed by atoms with E-state index >= 15 is 0 Å². The molecule has 0 radical (unpaired) electrons. The van der Waals surface area contributed by atoms with Crippen LogP contribution in [0.2, 0.25) is 0 Å². The van der Waals surface area contributed by atoms with E-state index in [9.17, 15) is 9.59 Å². The van der Waals surface area contributed by atoms with Crippen LogP contribution in [-0.2, 0) is 11.3 Å². The molecule has 28 heavy (non-hydrogen) atoms. The van der Waals surface area contributed by atoms with Crippen molar-refractivity contribution < 1.29 is 19.1 Å². The maximum atomic E-state index is 12.5. The van der Waals surface area contributed by atoms with E-state index in [2.05, 4.69) is 10.2 Å². The molecule has 7 heteroatoms. The van der Waals surface area contributed by atoms with Crippen molar-refractivity contribution in [3.63, 3.8) is 0 Å². The second-order valence-electron chi connectivity index (χ2n) is 6.90. The van der Waals surface area contributed by atoms with Crippen LogP contribution in [0, 0.1) is 0 Å². The molecule has 2 aromatic rings. The molecule has 0 spiro atoms. The highest BCUT2D eigenvalue weighted by atomic mass is 16.7. The Labute approximate surface area is 163 Å². The summed E-state index contributed by atoms with van der Waals surface area (Å²) in [5.41, 5.74) is 1.67. The highest BCUT2D eigenvalue weighted by molar-refractivity contribution is 5.94. The molecule has 7 nitrogen and oxygen atoms in total. The lowest BCUT2D eigenvalue weighted by molar-refractivity contribution is -0.122. The molecule has 2 amide bonds. The molecule has 2 aliphatic rings. The number of nitrogens with one attached hydrogen (secondary N) is 1. The fourth-order valence-corrected chi connectivity index (χ4v) is 3.38. The van der Waals surface area contributed by atoms with Gasteiger partial charge in [0.05, 0.1) is 6.54 Å². The Morgan fingerprint density at radius 3 is 2.46 bits per heavy atom. The van der Waals surface area contributed by atoms with Crippen LogP contribution in [0.3, 0.4) is 0 Å². The minimum Gasteiger partial charge on any atom is -0.454 e. The van der Waals surface area contributed by atoms with Crippen LogP contribution in [0.15, 0.2) is 48.5 Å². The molecule has 1 N–H and O–H groups in total. The maximum absolute atomic E-state index is 12.5. The van der Waals surface area contributed by atoms with Crippen LogP contribution >= 0.6 is 0 Å². The monoisotopic (exact) mass is 381 g/mol. The van der Waals surface area contributed by atoms with Gasteiger partial charge in [-0.15, -0.1) is 0 Å². The lowest BCUT2D eigenvalue weighted by atomic mass is 10.2. The first kappa shape index (κ1) is 18.3. The predicted molar refractivity (Wildman–Crippen MR) is 103 cm³/mol. The van der Waals surface area contributed by atoms with Gasteiger partial charge in [0.25, 0.3) is 5.91 Å². The van der Waals surface area contributed by atoms with Gasteiger partial charge in [-0.05, 0) is 29.8 Å². The number of ether oxygens (including phenoxy) is 2. The van der Waals surface area contributed by atoms with E-state index in [0.717, 1.165) is 11.3 Å². The van der Waals surface area contributed by atoms with E-state index in [4.69, 9.17) is 9.47 Å². The average molecular weight is 381 g/mol. The first-order valence-corrected chi connectivity index (χ1v) is 9.41. The highest BCUT2D eigenvalue weighted by Crippen LogP contribution is 2.32. The summed E-state index contributed by atoms with van der Waals surface area (Å²) >= 11 is 0. The van der Waals surface area contributed by atoms with Gasteiger partial charge < -0.3 is 19.7 Å². The van der Waals surface area contributed by atoms with Crippen molar-refractivity contribution in [3.8, 4) is 11.5 Å². The summed E-state index contributed by atoms with van der Waals surface area (Å²) in [6.45, 7) is 3.65. The molecule has 0 unspecified atom stereocenters. The molecule has 1 fully saturated rings. The van der Waals surface area contributed by atoms with Gasteiger partial charge in [-0.1, -0.05) is 24.3 Å². The quantitative estimate of drug-likeness (QED) is 0.850. The molecular weight excluding hydrogens is 358 g/mol. The van der Waals surface area contributed by atoms with Crippen LogP contribution in [0.25, 0.3) is 0 Å². The molecular formula is C21H23N3O4. The van der Waals surface area contributed by atoms with Crippen LogP contribution in [-0.4, -0.2) is 61.1 Å². The van der Waals surface area contributed by atoms with Crippen LogP contribution < -0.4 is 14.8 Å². The van der Waals surface area contributed by atoms with E-state index in [-0.39, 0.29) is 18.6 Å². The molecule has 0 atom stereocenters. The third kappa shape index (κ3) is 4.26. The minimum atomic E-state index is -0.0273. The van der Waals surface area contributed by atoms with Crippen molar-refractivity contribution >= 4 is 11.8 Å². The van der Waals surface area contributed by atoms with Gasteiger partial charge in [-0.3, -0.25) is 14.5 Å². The standard InChI is InChI=1S/C21H23N3O4/c25-20(22-13-16-6-7-18-19(12-16)28-15-27-18)14-23-8-10-24(11-9-23)21(26)17-4-2-1-3-5-17/h1-7,12H,8-11,13-15H2,(H,22,25). The van der Waals surface area contributed by atoms with E-state index in [1.807, 2.05) is 53.4 Å². The first-order valence-electron chi connectivity index (χ1n) is 9.41. The van der Waals surface area contributed by atoms with Gasteiger partial charge in [-0.2, -0.15) is 0 Å². The first-order chi connectivity index (χ1) is 13.7. The summed E-state index contributed by atoms with van der Waals surface area (Å²) in [5, 5.41) is 2.94. The minimum absolute atomic E-state index is 0.0273. The van der Waals surface area contributed by atoms with Crippen molar-refractivity contribution in [1.29, 1.82) is 0 Å². The van der Waals surface area contributed by atoms with Gasteiger partial charge in [0.1, 0.15) is 0 Å². The summed E-state index contributed by atoms with van der Waals surface area (Å²) in [5.74, 6) is 1.47. The molecule has 2 aliphatic heterocycles. The Morgan fingerprint density at radius 1 is 0.929 bits per heavy atom. The van der Waals surface area contributed by atoms with Crippen molar-refractivity contribution in [2.24, 2.45) is 0 Å². The normalized spacial score (nSPS) is 16.1. The van der Waals surface area contributed by atoms with Crippen LogP contribution in [0.1, 0.15) is 15.9 Å². The Hall–Kier alpha value is -3.06. The van der Waals surface area contributed by atoms with E-state index < -0.39 is 0 Å². The summed E-state index contributed by atoms with van der Waals surface area (Å²) < 4.78 is 10.6. The van der Waals surface area contributed by atoms with Gasteiger partial charge in [0.2, 0.25) is 12.7 Å². The molecule has 1 saturated heterocycles. The van der Waals surface area contributed by atoms with Gasteiger partial charge >= 0.3 is 0 Å². The predicted octanol–water partition coefficient (Wildman–Crippen LogP) is 1.49. The molecule has 4 rings (SSSR count). The lowest BCUT2D eigenvalue weighted by Crippen LogP contribution is -2.51. The Balaban J connectivity index is 1.21. The summed E-state index contributed by atoms with van der Waals surface area (Å²) in [6.07, 6.45) is 0. The van der Waals surface area contributed by atoms with Gasteiger partial charge in [0.15, 0.2) is 11.5 Å². The second kappa shape index (κ2) is 8.31. The number of piperazine rings is 1. The summed E-state index contributed by atoms with van der Waals surface area (Å²) in [4.78, 5) is 28.7. The van der Waals surface area contributed by atoms with Crippen molar-refractivity contribution in [2.45, 2.75) is 6.54 Å². The highest BCUT2D eigenvalue weighted by Gasteiger charge is 2.23. The number of hydrogen-bond acceptors (Lipinski definition) is 5. The van der Waals surface area contributed by atoms with E-state index in [1.54, 1.807) is 0 Å². The Morgan fingerprint density at radius 2 is 1.68 bits per heavy atom. The smallest absolute Gasteiger partial charge is 0.253 e. The number of amides is 2. The zero-order chi connectivity index (χ0) is 19.3. The van der Waals surface area contributed by atoms with Crippen molar-refractivity contribution in [3.05, 3.63) is 59.7 Å². The topological polar surface area (TPSA) is 71.1 Å². The Kier molecular flexibility index (Phi) is 5.43. The van der Waals surface area contributed by atoms with Gasteiger partial charge in [0, 0.05) is 38.3 Å². The number of carbonyl (C=O) groups excluding carboxylic acids is 2. The third-order valence-electron chi connectivity index (χ3n) is 4.97. The van der Waals surface area contributed by atoms with E-state index in [1.165, 1.54) is 0 Å². The van der Waals surface area contributed by atoms with Crippen LogP contribution in [0.5, 0.6) is 11.5 Å². The zero-order valence-corrected chi connectivity index (χ0v) is 15.6. The fraction of sp³-hybridized carbons (Fsp3) is 0.333. The SMILES string of the molecule is O=C(CN1CCN(C(=O)c2ccccc2)CC1)NCc1ccc2c(c1)OCO2. The number of rotatable bonds is 5. The molecule has 0 aliphatic carbocycles. The molecule has 0 bridgehead atoms. The number of carbonyl (C=O) groups is 2. The summed E-state index contributed by atoms with van der Waals surface area (Å²) in [6, 6.07) is 15.0. The number of fused-ring (bicyclic) bond motifs is 1. The van der Waals surface area contributed by atoms with Crippen LogP contribution in [0.4, 0.5) is 0 Å². The molecule has 0 saturated carbocycles. The van der Waals surface area contributed by atoms with Crippen molar-refractivity contribution in [1.82, 2.24) is 15.1 Å². The molecule has 0 aromatic heterocycles. The molecule has 2 heterocycles. The lowest BCUT2D eigenvalue weighted by Gasteiger charge is -2.34. The summed E-state index contributed by atoms with van der Waals surface area (Å²) in [7, 11) is 0. The third-order valence-corrected chi connectivity index (χ3v) is 4.97. The average Bonchev–Trinajstić information content (AvgIpc) is 3.21. The number of benzene rings is 2. The number of nitrogens with zero attached hydrogens (tertiary/aromatic N) is 2. The largest absolute Gasteiger partial charge is 0.454 e. The molecule has 2 aromatic carbocycles. The number of hydrogen-bond donors (Lipinski definition) is 1. The van der Waals surface area contributed by atoms with Crippen molar-refractivity contribution in [2.75, 3.05) is 39.5 Å². The molecule has 146 valence electrons. The fourth-order valence-electron chi connectivity index (χ4n) is 3.38. The maximum Gasteiger partial charge on any atom is 0.253 e. The zero-order valence-electron chi connectivity index (χ0n) is 15.6. The Bertz CT molecular complexity index is 848. The van der Waals surface area contributed by atoms with Gasteiger partial charge in [-0.25, -0.2) is 0 Å². The van der Waals surface area contributed by atoms with E-state index in [0.29, 0.717) is 50.6 Å².